The minimum Gasteiger partial charge on any atom is -0.396 e. The molecule has 0 bridgehead atoms. The van der Waals surface area contributed by atoms with E-state index in [2.05, 4.69) is 30.5 Å². The highest BCUT2D eigenvalue weighted by molar-refractivity contribution is 7.17. The van der Waals surface area contributed by atoms with Gasteiger partial charge in [0, 0.05) is 11.3 Å². The standard InChI is InChI=1S/C11H12OS/c1-8-7-13-11-3-2-9(4-5-12)6-10(8)11/h2-3,6-7,12H,4-5H2,1H3. The number of aliphatic hydroxyl groups is 1. The van der Waals surface area contributed by atoms with Gasteiger partial charge in [-0.3, -0.25) is 0 Å². The largest absolute Gasteiger partial charge is 0.396 e. The first-order valence-electron chi connectivity index (χ1n) is 4.39. The van der Waals surface area contributed by atoms with Gasteiger partial charge in [0.1, 0.15) is 0 Å². The van der Waals surface area contributed by atoms with Gasteiger partial charge in [0.2, 0.25) is 0 Å². The van der Waals surface area contributed by atoms with Crippen molar-refractivity contribution < 1.29 is 5.11 Å². The molecule has 2 heteroatoms. The van der Waals surface area contributed by atoms with E-state index < -0.39 is 0 Å². The smallest absolute Gasteiger partial charge is 0.0471 e. The summed E-state index contributed by atoms with van der Waals surface area (Å²) in [5, 5.41) is 12.3. The lowest BCUT2D eigenvalue weighted by Crippen LogP contribution is -1.89. The molecule has 68 valence electrons. The molecule has 0 aliphatic heterocycles. The first-order chi connectivity index (χ1) is 6.31. The quantitative estimate of drug-likeness (QED) is 0.775. The second kappa shape index (κ2) is 3.48. The zero-order valence-electron chi connectivity index (χ0n) is 7.58. The first kappa shape index (κ1) is 8.73. The van der Waals surface area contributed by atoms with Gasteiger partial charge in [0.25, 0.3) is 0 Å². The Hall–Kier alpha value is -0.860. The van der Waals surface area contributed by atoms with E-state index in [1.54, 1.807) is 11.3 Å². The van der Waals surface area contributed by atoms with Crippen LogP contribution in [0.4, 0.5) is 0 Å². The van der Waals surface area contributed by atoms with Gasteiger partial charge < -0.3 is 5.11 Å². The molecule has 0 saturated carbocycles. The third kappa shape index (κ3) is 1.60. The van der Waals surface area contributed by atoms with E-state index >= 15 is 0 Å². The Morgan fingerprint density at radius 1 is 1.38 bits per heavy atom. The monoisotopic (exact) mass is 192 g/mol. The van der Waals surface area contributed by atoms with Crippen LogP contribution in [0.25, 0.3) is 10.1 Å². The van der Waals surface area contributed by atoms with Gasteiger partial charge in [0.05, 0.1) is 0 Å². The molecule has 2 aromatic rings. The Bertz CT molecular complexity index is 417. The third-order valence-electron chi connectivity index (χ3n) is 2.23. The fraction of sp³-hybridized carbons (Fsp3) is 0.273. The van der Waals surface area contributed by atoms with Crippen molar-refractivity contribution in [1.29, 1.82) is 0 Å². The summed E-state index contributed by atoms with van der Waals surface area (Å²) < 4.78 is 1.33. The van der Waals surface area contributed by atoms with Gasteiger partial charge in [-0.2, -0.15) is 0 Å². The van der Waals surface area contributed by atoms with Gasteiger partial charge in [-0.15, -0.1) is 11.3 Å². The Balaban J connectivity index is 2.53. The van der Waals surface area contributed by atoms with Gasteiger partial charge in [-0.25, -0.2) is 0 Å². The van der Waals surface area contributed by atoms with Crippen molar-refractivity contribution in [2.24, 2.45) is 0 Å². The number of hydrogen-bond donors (Lipinski definition) is 1. The van der Waals surface area contributed by atoms with Crippen LogP contribution >= 0.6 is 11.3 Å². The molecule has 1 aromatic heterocycles. The minimum atomic E-state index is 0.231. The van der Waals surface area contributed by atoms with Crippen LogP contribution in [0.15, 0.2) is 23.6 Å². The maximum absolute atomic E-state index is 8.81. The highest BCUT2D eigenvalue weighted by atomic mass is 32.1. The van der Waals surface area contributed by atoms with Crippen molar-refractivity contribution in [3.63, 3.8) is 0 Å². The number of hydrogen-bond acceptors (Lipinski definition) is 2. The molecule has 1 N–H and O–H groups in total. The molecule has 2 rings (SSSR count). The van der Waals surface area contributed by atoms with Crippen molar-refractivity contribution in [2.45, 2.75) is 13.3 Å². The second-order valence-electron chi connectivity index (χ2n) is 3.22. The lowest BCUT2D eigenvalue weighted by Gasteiger charge is -1.98. The van der Waals surface area contributed by atoms with Crippen LogP contribution in [0.3, 0.4) is 0 Å². The van der Waals surface area contributed by atoms with E-state index in [1.165, 1.54) is 21.2 Å². The summed E-state index contributed by atoms with van der Waals surface area (Å²) in [4.78, 5) is 0. The van der Waals surface area contributed by atoms with E-state index in [-0.39, 0.29) is 6.61 Å². The molecule has 0 unspecified atom stereocenters. The molecule has 0 saturated heterocycles. The van der Waals surface area contributed by atoms with Crippen LogP contribution in [0.2, 0.25) is 0 Å². The fourth-order valence-electron chi connectivity index (χ4n) is 1.49. The molecule has 13 heavy (non-hydrogen) atoms. The normalized spacial score (nSPS) is 10.9. The van der Waals surface area contributed by atoms with Gasteiger partial charge >= 0.3 is 0 Å². The molecular formula is C11H12OS. The summed E-state index contributed by atoms with van der Waals surface area (Å²) in [6, 6.07) is 6.41. The zero-order valence-corrected chi connectivity index (χ0v) is 8.40. The fourth-order valence-corrected chi connectivity index (χ4v) is 2.41. The molecule has 0 aliphatic carbocycles. The van der Waals surface area contributed by atoms with Crippen LogP contribution in [0.5, 0.6) is 0 Å². The maximum Gasteiger partial charge on any atom is 0.0471 e. The molecular weight excluding hydrogens is 180 g/mol. The molecule has 0 amide bonds. The van der Waals surface area contributed by atoms with Crippen LogP contribution < -0.4 is 0 Å². The van der Waals surface area contributed by atoms with Crippen molar-refractivity contribution >= 4 is 21.4 Å². The molecule has 1 aromatic carbocycles. The highest BCUT2D eigenvalue weighted by Gasteiger charge is 2.00. The SMILES string of the molecule is Cc1csc2ccc(CCO)cc12. The van der Waals surface area contributed by atoms with Gasteiger partial charge in [-0.1, -0.05) is 6.07 Å². The van der Waals surface area contributed by atoms with Crippen LogP contribution in [0.1, 0.15) is 11.1 Å². The number of rotatable bonds is 2. The summed E-state index contributed by atoms with van der Waals surface area (Å²) in [6.45, 7) is 2.36. The zero-order chi connectivity index (χ0) is 9.26. The highest BCUT2D eigenvalue weighted by Crippen LogP contribution is 2.26. The summed E-state index contributed by atoms with van der Waals surface area (Å²) >= 11 is 1.78. The summed E-state index contributed by atoms with van der Waals surface area (Å²) in [5.74, 6) is 0. The van der Waals surface area contributed by atoms with Crippen LogP contribution in [-0.2, 0) is 6.42 Å². The molecule has 0 spiro atoms. The topological polar surface area (TPSA) is 20.2 Å². The summed E-state index contributed by atoms with van der Waals surface area (Å²) in [7, 11) is 0. The van der Waals surface area contributed by atoms with E-state index in [4.69, 9.17) is 5.11 Å². The summed E-state index contributed by atoms with van der Waals surface area (Å²) in [6.07, 6.45) is 0.755. The lowest BCUT2D eigenvalue weighted by atomic mass is 10.1. The lowest BCUT2D eigenvalue weighted by molar-refractivity contribution is 0.299. The Kier molecular flexibility index (Phi) is 2.34. The molecule has 0 atom stereocenters. The Morgan fingerprint density at radius 3 is 3.00 bits per heavy atom. The van der Waals surface area contributed by atoms with Crippen molar-refractivity contribution in [3.05, 3.63) is 34.7 Å². The second-order valence-corrected chi connectivity index (χ2v) is 4.13. The average molecular weight is 192 g/mol. The molecule has 1 heterocycles. The van der Waals surface area contributed by atoms with E-state index in [0.717, 1.165) is 6.42 Å². The van der Waals surface area contributed by atoms with E-state index in [0.29, 0.717) is 0 Å². The number of thiophene rings is 1. The number of benzene rings is 1. The van der Waals surface area contributed by atoms with Crippen molar-refractivity contribution in [3.8, 4) is 0 Å². The number of aliphatic hydroxyl groups excluding tert-OH is 1. The molecule has 1 nitrogen and oxygen atoms in total. The minimum absolute atomic E-state index is 0.231. The van der Waals surface area contributed by atoms with Crippen LogP contribution in [-0.4, -0.2) is 11.7 Å². The van der Waals surface area contributed by atoms with E-state index in [1.807, 2.05) is 0 Å². The number of fused-ring (bicyclic) bond motifs is 1. The van der Waals surface area contributed by atoms with Crippen molar-refractivity contribution in [1.82, 2.24) is 0 Å². The molecule has 0 radical (unpaired) electrons. The van der Waals surface area contributed by atoms with Gasteiger partial charge in [-0.05, 0) is 47.4 Å². The first-order valence-corrected chi connectivity index (χ1v) is 5.27. The van der Waals surface area contributed by atoms with Crippen molar-refractivity contribution in [2.75, 3.05) is 6.61 Å². The predicted octanol–water partition coefficient (Wildman–Crippen LogP) is 2.74. The average Bonchev–Trinajstić information content (AvgIpc) is 2.49. The Labute approximate surface area is 81.6 Å². The Morgan fingerprint density at radius 2 is 2.23 bits per heavy atom. The predicted molar refractivity (Wildman–Crippen MR) is 57.4 cm³/mol. The summed E-state index contributed by atoms with van der Waals surface area (Å²) in [5.41, 5.74) is 2.55. The van der Waals surface area contributed by atoms with Crippen LogP contribution in [0, 0.1) is 6.92 Å². The number of aryl methyl sites for hydroxylation is 1. The molecule has 0 aliphatic rings. The molecule has 0 fully saturated rings. The van der Waals surface area contributed by atoms with E-state index in [9.17, 15) is 0 Å². The third-order valence-corrected chi connectivity index (χ3v) is 3.31. The van der Waals surface area contributed by atoms with Gasteiger partial charge in [0.15, 0.2) is 0 Å². The maximum atomic E-state index is 8.81.